The number of furan rings is 1. The standard InChI is InChI=1S/C15H17NO3/c1-9-6-11(10(2)19-9)12-7-14-15(8-13(12)16)18-5-3-4-17-14/h6-8H,3-5,16H2,1-2H3. The van der Waals surface area contributed by atoms with Gasteiger partial charge in [0.25, 0.3) is 0 Å². The predicted octanol–water partition coefficient (Wildman–Crippen LogP) is 3.31. The summed E-state index contributed by atoms with van der Waals surface area (Å²) >= 11 is 0. The maximum atomic E-state index is 6.13. The van der Waals surface area contributed by atoms with Gasteiger partial charge in [0.15, 0.2) is 11.5 Å². The topological polar surface area (TPSA) is 57.6 Å². The van der Waals surface area contributed by atoms with Crippen LogP contribution >= 0.6 is 0 Å². The molecule has 0 radical (unpaired) electrons. The second-order valence-electron chi connectivity index (χ2n) is 4.76. The molecule has 0 bridgehead atoms. The van der Waals surface area contributed by atoms with Crippen LogP contribution in [0, 0.1) is 13.8 Å². The molecule has 4 nitrogen and oxygen atoms in total. The van der Waals surface area contributed by atoms with E-state index in [4.69, 9.17) is 19.6 Å². The van der Waals surface area contributed by atoms with E-state index in [1.54, 1.807) is 0 Å². The van der Waals surface area contributed by atoms with Gasteiger partial charge in [-0.25, -0.2) is 0 Å². The van der Waals surface area contributed by atoms with Crippen molar-refractivity contribution in [3.05, 3.63) is 29.7 Å². The maximum Gasteiger partial charge on any atom is 0.163 e. The quantitative estimate of drug-likeness (QED) is 0.798. The number of hydrogen-bond acceptors (Lipinski definition) is 4. The first-order valence-electron chi connectivity index (χ1n) is 6.41. The summed E-state index contributed by atoms with van der Waals surface area (Å²) in [5, 5.41) is 0. The van der Waals surface area contributed by atoms with E-state index in [0.717, 1.165) is 40.6 Å². The van der Waals surface area contributed by atoms with Crippen molar-refractivity contribution in [2.45, 2.75) is 20.3 Å². The van der Waals surface area contributed by atoms with Gasteiger partial charge in [0.1, 0.15) is 11.5 Å². The molecule has 1 aliphatic rings. The number of ether oxygens (including phenoxy) is 2. The zero-order valence-corrected chi connectivity index (χ0v) is 11.2. The Morgan fingerprint density at radius 3 is 2.26 bits per heavy atom. The molecule has 1 aromatic carbocycles. The van der Waals surface area contributed by atoms with E-state index in [-0.39, 0.29) is 0 Å². The number of benzene rings is 1. The summed E-state index contributed by atoms with van der Waals surface area (Å²) in [6.45, 7) is 5.19. The molecule has 1 aromatic heterocycles. The van der Waals surface area contributed by atoms with Crippen LogP contribution in [-0.4, -0.2) is 13.2 Å². The van der Waals surface area contributed by atoms with Gasteiger partial charge >= 0.3 is 0 Å². The highest BCUT2D eigenvalue weighted by atomic mass is 16.5. The van der Waals surface area contributed by atoms with Crippen molar-refractivity contribution in [1.29, 1.82) is 0 Å². The van der Waals surface area contributed by atoms with E-state index >= 15 is 0 Å². The minimum absolute atomic E-state index is 0.662. The van der Waals surface area contributed by atoms with Crippen molar-refractivity contribution < 1.29 is 13.9 Å². The summed E-state index contributed by atoms with van der Waals surface area (Å²) in [7, 11) is 0. The zero-order valence-electron chi connectivity index (χ0n) is 11.2. The number of anilines is 1. The average molecular weight is 259 g/mol. The molecule has 0 amide bonds. The van der Waals surface area contributed by atoms with Gasteiger partial charge in [-0.1, -0.05) is 0 Å². The van der Waals surface area contributed by atoms with E-state index < -0.39 is 0 Å². The Morgan fingerprint density at radius 2 is 1.63 bits per heavy atom. The molecule has 2 aromatic rings. The Balaban J connectivity index is 2.12. The fraction of sp³-hybridized carbons (Fsp3) is 0.333. The Labute approximate surface area is 112 Å². The number of hydrogen-bond donors (Lipinski definition) is 1. The molecule has 19 heavy (non-hydrogen) atoms. The van der Waals surface area contributed by atoms with Gasteiger partial charge < -0.3 is 19.6 Å². The van der Waals surface area contributed by atoms with Crippen molar-refractivity contribution >= 4 is 5.69 Å². The van der Waals surface area contributed by atoms with Gasteiger partial charge in [-0.2, -0.15) is 0 Å². The fourth-order valence-electron chi connectivity index (χ4n) is 2.36. The number of nitrogen functional groups attached to an aromatic ring is 1. The van der Waals surface area contributed by atoms with Gasteiger partial charge in [-0.3, -0.25) is 0 Å². The number of fused-ring (bicyclic) bond motifs is 1. The summed E-state index contributed by atoms with van der Waals surface area (Å²) in [5.74, 6) is 3.20. The molecule has 100 valence electrons. The largest absolute Gasteiger partial charge is 0.490 e. The molecule has 2 N–H and O–H groups in total. The molecule has 4 heteroatoms. The van der Waals surface area contributed by atoms with Crippen LogP contribution in [0.1, 0.15) is 17.9 Å². The lowest BCUT2D eigenvalue weighted by Crippen LogP contribution is -1.97. The van der Waals surface area contributed by atoms with Crippen LogP contribution in [0.5, 0.6) is 11.5 Å². The molecule has 0 saturated heterocycles. The summed E-state index contributed by atoms with van der Waals surface area (Å²) in [4.78, 5) is 0. The van der Waals surface area contributed by atoms with Gasteiger partial charge in [0.05, 0.1) is 13.2 Å². The van der Waals surface area contributed by atoms with E-state index in [1.165, 1.54) is 0 Å². The lowest BCUT2D eigenvalue weighted by molar-refractivity contribution is 0.297. The number of rotatable bonds is 1. The summed E-state index contributed by atoms with van der Waals surface area (Å²) < 4.78 is 16.9. The third-order valence-corrected chi connectivity index (χ3v) is 3.25. The van der Waals surface area contributed by atoms with E-state index in [0.29, 0.717) is 18.9 Å². The first-order valence-corrected chi connectivity index (χ1v) is 6.41. The Morgan fingerprint density at radius 1 is 0.947 bits per heavy atom. The van der Waals surface area contributed by atoms with Gasteiger partial charge in [-0.05, 0) is 26.0 Å². The Hall–Kier alpha value is -2.10. The third kappa shape index (κ3) is 2.14. The fourth-order valence-corrected chi connectivity index (χ4v) is 2.36. The monoisotopic (exact) mass is 259 g/mol. The van der Waals surface area contributed by atoms with Crippen molar-refractivity contribution in [2.75, 3.05) is 18.9 Å². The van der Waals surface area contributed by atoms with Crippen LogP contribution in [0.25, 0.3) is 11.1 Å². The first kappa shape index (κ1) is 12.0. The van der Waals surface area contributed by atoms with Gasteiger partial charge in [0.2, 0.25) is 0 Å². The highest BCUT2D eigenvalue weighted by Gasteiger charge is 2.17. The summed E-state index contributed by atoms with van der Waals surface area (Å²) in [5.41, 5.74) is 8.74. The van der Waals surface area contributed by atoms with Crippen molar-refractivity contribution in [1.82, 2.24) is 0 Å². The second-order valence-corrected chi connectivity index (χ2v) is 4.76. The first-order chi connectivity index (χ1) is 9.15. The molecule has 3 rings (SSSR count). The minimum atomic E-state index is 0.662. The van der Waals surface area contributed by atoms with E-state index in [2.05, 4.69) is 0 Å². The minimum Gasteiger partial charge on any atom is -0.490 e. The van der Waals surface area contributed by atoms with Crippen LogP contribution in [0.15, 0.2) is 22.6 Å². The predicted molar refractivity (Wildman–Crippen MR) is 73.6 cm³/mol. The lowest BCUT2D eigenvalue weighted by atomic mass is 10.0. The van der Waals surface area contributed by atoms with Gasteiger partial charge in [-0.15, -0.1) is 0 Å². The van der Waals surface area contributed by atoms with Gasteiger partial charge in [0, 0.05) is 29.3 Å². The molecular formula is C15H17NO3. The normalized spacial score (nSPS) is 14.2. The molecule has 2 heterocycles. The van der Waals surface area contributed by atoms with Crippen molar-refractivity contribution in [3.63, 3.8) is 0 Å². The Kier molecular flexibility index (Phi) is 2.85. The summed E-state index contributed by atoms with van der Waals surface area (Å²) in [6, 6.07) is 5.76. The van der Waals surface area contributed by atoms with Crippen LogP contribution < -0.4 is 15.2 Å². The Bertz CT molecular complexity index is 616. The molecule has 0 saturated carbocycles. The molecule has 0 spiro atoms. The molecule has 0 unspecified atom stereocenters. The maximum absolute atomic E-state index is 6.13. The average Bonchev–Trinajstić information content (AvgIpc) is 2.59. The highest BCUT2D eigenvalue weighted by molar-refractivity contribution is 5.81. The number of aryl methyl sites for hydroxylation is 2. The molecular weight excluding hydrogens is 242 g/mol. The van der Waals surface area contributed by atoms with Crippen LogP contribution in [0.4, 0.5) is 5.69 Å². The lowest BCUT2D eigenvalue weighted by Gasteiger charge is -2.11. The van der Waals surface area contributed by atoms with Crippen LogP contribution in [0.3, 0.4) is 0 Å². The second kappa shape index (κ2) is 4.53. The van der Waals surface area contributed by atoms with E-state index in [9.17, 15) is 0 Å². The van der Waals surface area contributed by atoms with E-state index in [1.807, 2.05) is 32.0 Å². The summed E-state index contributed by atoms with van der Waals surface area (Å²) in [6.07, 6.45) is 0.883. The van der Waals surface area contributed by atoms with Crippen molar-refractivity contribution in [3.8, 4) is 22.6 Å². The smallest absolute Gasteiger partial charge is 0.163 e. The molecule has 0 atom stereocenters. The highest BCUT2D eigenvalue weighted by Crippen LogP contribution is 2.40. The molecule has 1 aliphatic heterocycles. The van der Waals surface area contributed by atoms with Crippen molar-refractivity contribution in [2.24, 2.45) is 0 Å². The zero-order chi connectivity index (χ0) is 13.4. The third-order valence-electron chi connectivity index (χ3n) is 3.25. The SMILES string of the molecule is Cc1cc(-c2cc3c(cc2N)OCCCO3)c(C)o1. The molecule has 0 fully saturated rings. The number of nitrogens with two attached hydrogens (primary N) is 1. The molecule has 0 aliphatic carbocycles. The van der Waals surface area contributed by atoms with Crippen LogP contribution in [0.2, 0.25) is 0 Å². The van der Waals surface area contributed by atoms with Crippen LogP contribution in [-0.2, 0) is 0 Å².